The van der Waals surface area contributed by atoms with Crippen LogP contribution in [0.2, 0.25) is 0 Å². The lowest BCUT2D eigenvalue weighted by Crippen LogP contribution is -2.13. The summed E-state index contributed by atoms with van der Waals surface area (Å²) < 4.78 is 0. The molecule has 1 rings (SSSR count). The molecule has 0 aromatic rings. The zero-order valence-corrected chi connectivity index (χ0v) is 12.8. The third-order valence-electron chi connectivity index (χ3n) is 2.60. The fraction of sp³-hybridized carbons (Fsp3) is 0.467. The van der Waals surface area contributed by atoms with E-state index in [9.17, 15) is 5.11 Å². The first-order valence-corrected chi connectivity index (χ1v) is 6.33. The van der Waals surface area contributed by atoms with Crippen molar-refractivity contribution in [2.45, 2.75) is 6.42 Å². The first kappa shape index (κ1) is 15.2. The molecule has 4 nitrogen and oxygen atoms in total. The summed E-state index contributed by atoms with van der Waals surface area (Å²) in [5.41, 5.74) is 3.19. The van der Waals surface area contributed by atoms with Gasteiger partial charge >= 0.3 is 0 Å². The summed E-state index contributed by atoms with van der Waals surface area (Å²) in [6, 6.07) is 0. The highest BCUT2D eigenvalue weighted by atomic mass is 16.3. The minimum atomic E-state index is 0.345. The maximum atomic E-state index is 10.1. The van der Waals surface area contributed by atoms with E-state index in [0.717, 1.165) is 17.6 Å². The van der Waals surface area contributed by atoms with E-state index in [1.165, 1.54) is 5.57 Å². The zero-order valence-electron chi connectivity index (χ0n) is 12.8. The van der Waals surface area contributed by atoms with Crippen molar-refractivity contribution in [3.8, 4) is 0 Å². The van der Waals surface area contributed by atoms with Crippen LogP contribution >= 0.6 is 0 Å². The van der Waals surface area contributed by atoms with Crippen molar-refractivity contribution in [3.05, 3.63) is 47.2 Å². The third-order valence-corrected chi connectivity index (χ3v) is 2.60. The van der Waals surface area contributed by atoms with Crippen LogP contribution in [0.3, 0.4) is 0 Å². The summed E-state index contributed by atoms with van der Waals surface area (Å²) in [7, 11) is 11.9. The Hall–Kier alpha value is -1.84. The fourth-order valence-electron chi connectivity index (χ4n) is 1.98. The van der Waals surface area contributed by atoms with Crippen molar-refractivity contribution in [3.63, 3.8) is 0 Å². The molecular weight excluding hydrogens is 238 g/mol. The van der Waals surface area contributed by atoms with Crippen LogP contribution < -0.4 is 0 Å². The van der Waals surface area contributed by atoms with Gasteiger partial charge in [0.15, 0.2) is 0 Å². The van der Waals surface area contributed by atoms with E-state index in [0.29, 0.717) is 5.76 Å². The molecule has 4 heteroatoms. The van der Waals surface area contributed by atoms with Gasteiger partial charge in [-0.15, -0.1) is 0 Å². The largest absolute Gasteiger partial charge is 0.508 e. The van der Waals surface area contributed by atoms with E-state index in [-0.39, 0.29) is 0 Å². The van der Waals surface area contributed by atoms with Crippen LogP contribution in [-0.4, -0.2) is 62.1 Å². The molecule has 19 heavy (non-hydrogen) atoms. The Bertz CT molecular complexity index is 440. The summed E-state index contributed by atoms with van der Waals surface area (Å²) in [5, 5.41) is 10.1. The molecule has 0 saturated heterocycles. The first-order chi connectivity index (χ1) is 8.79. The molecule has 0 radical (unpaired) electrons. The fourth-order valence-corrected chi connectivity index (χ4v) is 1.98. The van der Waals surface area contributed by atoms with E-state index >= 15 is 0 Å². The van der Waals surface area contributed by atoms with Gasteiger partial charge in [-0.3, -0.25) is 0 Å². The first-order valence-electron chi connectivity index (χ1n) is 6.33. The quantitative estimate of drug-likeness (QED) is 0.845. The van der Waals surface area contributed by atoms with Gasteiger partial charge < -0.3 is 19.8 Å². The van der Waals surface area contributed by atoms with Crippen molar-refractivity contribution in [2.24, 2.45) is 0 Å². The maximum absolute atomic E-state index is 10.1. The molecular formula is C15H25N3O. The summed E-state index contributed by atoms with van der Waals surface area (Å²) in [6.07, 6.45) is 8.65. The molecule has 0 bridgehead atoms. The van der Waals surface area contributed by atoms with Crippen molar-refractivity contribution >= 4 is 0 Å². The molecule has 0 fully saturated rings. The average Bonchev–Trinajstić information content (AvgIpc) is 2.22. The van der Waals surface area contributed by atoms with Crippen molar-refractivity contribution in [2.75, 3.05) is 42.3 Å². The monoisotopic (exact) mass is 263 g/mol. The molecule has 0 saturated carbocycles. The number of allylic oxidation sites excluding steroid dienone is 4. The Morgan fingerprint density at radius 1 is 0.842 bits per heavy atom. The minimum absolute atomic E-state index is 0.345. The third kappa shape index (κ3) is 4.73. The number of rotatable bonds is 3. The average molecular weight is 263 g/mol. The molecule has 1 aliphatic carbocycles. The van der Waals surface area contributed by atoms with E-state index in [2.05, 4.69) is 6.20 Å². The van der Waals surface area contributed by atoms with E-state index in [4.69, 9.17) is 0 Å². The van der Waals surface area contributed by atoms with Crippen molar-refractivity contribution < 1.29 is 5.11 Å². The molecule has 0 aromatic carbocycles. The summed E-state index contributed by atoms with van der Waals surface area (Å²) in [6.45, 7) is 0. The van der Waals surface area contributed by atoms with E-state index in [1.54, 1.807) is 0 Å². The predicted molar refractivity (Wildman–Crippen MR) is 80.6 cm³/mol. The number of hydrogen-bond donors (Lipinski definition) is 1. The molecule has 1 aliphatic rings. The van der Waals surface area contributed by atoms with Gasteiger partial charge in [-0.1, -0.05) is 0 Å². The van der Waals surface area contributed by atoms with E-state index in [1.807, 2.05) is 75.5 Å². The Kier molecular flexibility index (Phi) is 5.10. The molecule has 0 spiro atoms. The Balaban J connectivity index is 3.22. The molecule has 0 atom stereocenters. The maximum Gasteiger partial charge on any atom is 0.121 e. The number of nitrogens with zero attached hydrogens (tertiary/aromatic N) is 3. The van der Waals surface area contributed by atoms with Gasteiger partial charge in [-0.2, -0.15) is 0 Å². The molecule has 0 unspecified atom stereocenters. The van der Waals surface area contributed by atoms with Gasteiger partial charge in [0, 0.05) is 72.9 Å². The van der Waals surface area contributed by atoms with Gasteiger partial charge in [0.1, 0.15) is 5.76 Å². The van der Waals surface area contributed by atoms with Crippen LogP contribution in [0.4, 0.5) is 0 Å². The summed E-state index contributed by atoms with van der Waals surface area (Å²) >= 11 is 0. The van der Waals surface area contributed by atoms with Crippen LogP contribution in [0.1, 0.15) is 6.42 Å². The van der Waals surface area contributed by atoms with Gasteiger partial charge in [0.2, 0.25) is 0 Å². The highest BCUT2D eigenvalue weighted by molar-refractivity contribution is 5.51. The molecule has 0 aromatic heterocycles. The lowest BCUT2D eigenvalue weighted by molar-refractivity contribution is 0.411. The van der Waals surface area contributed by atoms with E-state index < -0.39 is 0 Å². The Morgan fingerprint density at radius 3 is 1.79 bits per heavy atom. The van der Waals surface area contributed by atoms with Crippen LogP contribution in [-0.2, 0) is 0 Å². The molecule has 0 amide bonds. The normalized spacial score (nSPS) is 21.8. The van der Waals surface area contributed by atoms with Gasteiger partial charge in [0.25, 0.3) is 0 Å². The van der Waals surface area contributed by atoms with Crippen LogP contribution in [0.5, 0.6) is 0 Å². The molecule has 0 heterocycles. The lowest BCUT2D eigenvalue weighted by atomic mass is 9.91. The van der Waals surface area contributed by atoms with Gasteiger partial charge in [-0.05, 0) is 17.2 Å². The Morgan fingerprint density at radius 2 is 1.32 bits per heavy atom. The molecule has 106 valence electrons. The van der Waals surface area contributed by atoms with Crippen molar-refractivity contribution in [1.29, 1.82) is 0 Å². The number of hydrogen-bond acceptors (Lipinski definition) is 4. The topological polar surface area (TPSA) is 30.0 Å². The highest BCUT2D eigenvalue weighted by Crippen LogP contribution is 2.31. The molecule has 1 N–H and O–H groups in total. The molecule has 0 aliphatic heterocycles. The number of aliphatic hydroxyl groups excluding tert-OH is 1. The Labute approximate surface area is 116 Å². The van der Waals surface area contributed by atoms with Gasteiger partial charge in [-0.25, -0.2) is 0 Å². The second-order valence-electron chi connectivity index (χ2n) is 5.49. The predicted octanol–water partition coefficient (Wildman–Crippen LogP) is 2.17. The minimum Gasteiger partial charge on any atom is -0.508 e. The second kappa shape index (κ2) is 6.36. The van der Waals surface area contributed by atoms with Crippen LogP contribution in [0.25, 0.3) is 0 Å². The van der Waals surface area contributed by atoms with Gasteiger partial charge in [0.05, 0.1) is 0 Å². The lowest BCUT2D eigenvalue weighted by Gasteiger charge is -2.22. The van der Waals surface area contributed by atoms with Crippen LogP contribution in [0, 0.1) is 0 Å². The highest BCUT2D eigenvalue weighted by Gasteiger charge is 2.18. The standard InChI is InChI=1S/C15H25N3O/c1-16(2)9-12-7-14(11-18(5)6)15(19)8-13(12)10-17(3)4/h8-11,19H,7H2,1-6H3. The smallest absolute Gasteiger partial charge is 0.121 e. The van der Waals surface area contributed by atoms with Crippen LogP contribution in [0.15, 0.2) is 47.2 Å². The number of aliphatic hydroxyl groups is 1. The zero-order chi connectivity index (χ0) is 14.6. The summed E-state index contributed by atoms with van der Waals surface area (Å²) in [5.74, 6) is 0.345. The van der Waals surface area contributed by atoms with Crippen molar-refractivity contribution in [1.82, 2.24) is 14.7 Å². The second-order valence-corrected chi connectivity index (χ2v) is 5.49. The summed E-state index contributed by atoms with van der Waals surface area (Å²) in [4.78, 5) is 5.97. The SMILES string of the molecule is CN(C)C=C1C=C(O)C(=CN(C)C)CC1=CN(C)C.